The van der Waals surface area contributed by atoms with Crippen molar-refractivity contribution in [2.45, 2.75) is 19.7 Å². The third-order valence-corrected chi connectivity index (χ3v) is 3.74. The predicted molar refractivity (Wildman–Crippen MR) is 93.6 cm³/mol. The van der Waals surface area contributed by atoms with Crippen LogP contribution in [0.5, 0.6) is 0 Å². The van der Waals surface area contributed by atoms with Crippen molar-refractivity contribution < 1.29 is 13.9 Å². The number of hydrogen-bond donors (Lipinski definition) is 0. The van der Waals surface area contributed by atoms with Crippen LogP contribution in [0, 0.1) is 5.82 Å². The average molecular weight is 354 g/mol. The lowest BCUT2D eigenvalue weighted by molar-refractivity contribution is 0.101. The fraction of sp³-hybridized carbons (Fsp3) is 0.211. The Bertz CT molecular complexity index is 867. The molecule has 0 spiro atoms. The van der Waals surface area contributed by atoms with Crippen LogP contribution >= 0.6 is 0 Å². The molecule has 6 nitrogen and oxygen atoms in total. The van der Waals surface area contributed by atoms with Gasteiger partial charge in [-0.3, -0.25) is 0 Å². The summed E-state index contributed by atoms with van der Waals surface area (Å²) in [5, 5.41) is 7.94. The van der Waals surface area contributed by atoms with E-state index in [1.807, 2.05) is 36.4 Å². The summed E-state index contributed by atoms with van der Waals surface area (Å²) in [5.41, 5.74) is 2.33. The van der Waals surface area contributed by atoms with Gasteiger partial charge in [-0.2, -0.15) is 0 Å². The third kappa shape index (κ3) is 4.89. The number of benzene rings is 2. The van der Waals surface area contributed by atoms with Crippen molar-refractivity contribution in [3.8, 4) is 0 Å². The lowest BCUT2D eigenvalue weighted by Crippen LogP contribution is -2.26. The third-order valence-electron chi connectivity index (χ3n) is 3.74. The van der Waals surface area contributed by atoms with Crippen molar-refractivity contribution in [2.75, 3.05) is 7.05 Å². The van der Waals surface area contributed by atoms with E-state index in [2.05, 4.69) is 10.3 Å². The van der Waals surface area contributed by atoms with Gasteiger partial charge in [-0.15, -0.1) is 5.10 Å². The summed E-state index contributed by atoms with van der Waals surface area (Å²) < 4.78 is 20.0. The molecule has 0 unspecified atom stereocenters. The first-order valence-corrected chi connectivity index (χ1v) is 8.15. The van der Waals surface area contributed by atoms with E-state index in [1.165, 1.54) is 17.0 Å². The molecular formula is C19H19FN4O2. The number of nitrogens with zero attached hydrogens (tertiary/aromatic N) is 4. The van der Waals surface area contributed by atoms with Gasteiger partial charge in [0.2, 0.25) is 0 Å². The molecule has 0 saturated carbocycles. The molecule has 7 heteroatoms. The van der Waals surface area contributed by atoms with Gasteiger partial charge in [0.25, 0.3) is 0 Å². The average Bonchev–Trinajstić information content (AvgIpc) is 3.08. The zero-order valence-electron chi connectivity index (χ0n) is 14.4. The maximum atomic E-state index is 13.2. The Morgan fingerprint density at radius 1 is 1.15 bits per heavy atom. The summed E-state index contributed by atoms with van der Waals surface area (Å²) >= 11 is 0. The summed E-state index contributed by atoms with van der Waals surface area (Å²) in [7, 11) is 1.68. The Hall–Kier alpha value is -3.22. The van der Waals surface area contributed by atoms with Gasteiger partial charge in [-0.25, -0.2) is 13.9 Å². The molecule has 0 atom stereocenters. The van der Waals surface area contributed by atoms with Crippen molar-refractivity contribution in [2.24, 2.45) is 0 Å². The van der Waals surface area contributed by atoms with E-state index in [-0.39, 0.29) is 12.4 Å². The van der Waals surface area contributed by atoms with Crippen molar-refractivity contribution >= 4 is 6.09 Å². The summed E-state index contributed by atoms with van der Waals surface area (Å²) in [6, 6.07) is 16.0. The largest absolute Gasteiger partial charge is 0.443 e. The first-order valence-electron chi connectivity index (χ1n) is 8.15. The van der Waals surface area contributed by atoms with Crippen LogP contribution in [0.3, 0.4) is 0 Å². The molecule has 1 heterocycles. The SMILES string of the molecule is CN(Cc1ccccc1)C(=O)OCc1cn(Cc2cccc(F)c2)nn1. The number of aromatic nitrogens is 3. The predicted octanol–water partition coefficient (Wildman–Crippen LogP) is 3.23. The number of carbonyl (C=O) groups excluding carboxylic acids is 1. The fourth-order valence-corrected chi connectivity index (χ4v) is 2.47. The first kappa shape index (κ1) is 17.6. The Morgan fingerprint density at radius 3 is 2.69 bits per heavy atom. The normalized spacial score (nSPS) is 10.5. The lowest BCUT2D eigenvalue weighted by Gasteiger charge is -2.16. The number of hydrogen-bond acceptors (Lipinski definition) is 4. The second-order valence-electron chi connectivity index (χ2n) is 5.93. The van der Waals surface area contributed by atoms with Gasteiger partial charge in [0.05, 0.1) is 12.7 Å². The highest BCUT2D eigenvalue weighted by Crippen LogP contribution is 2.08. The molecule has 3 aromatic rings. The van der Waals surface area contributed by atoms with Crippen molar-refractivity contribution in [1.82, 2.24) is 19.9 Å². The van der Waals surface area contributed by atoms with Gasteiger partial charge in [-0.1, -0.05) is 47.7 Å². The quantitative estimate of drug-likeness (QED) is 0.682. The second-order valence-corrected chi connectivity index (χ2v) is 5.93. The monoisotopic (exact) mass is 354 g/mol. The highest BCUT2D eigenvalue weighted by molar-refractivity contribution is 5.67. The minimum atomic E-state index is -0.437. The summed E-state index contributed by atoms with van der Waals surface area (Å²) in [6.07, 6.45) is 1.24. The van der Waals surface area contributed by atoms with Gasteiger partial charge in [-0.05, 0) is 23.3 Å². The van der Waals surface area contributed by atoms with Crippen LogP contribution in [-0.4, -0.2) is 33.0 Å². The summed E-state index contributed by atoms with van der Waals surface area (Å²) in [5.74, 6) is -0.293. The summed E-state index contributed by atoms with van der Waals surface area (Å²) in [6.45, 7) is 0.889. The molecule has 0 radical (unpaired) electrons. The molecule has 0 aliphatic carbocycles. The van der Waals surface area contributed by atoms with Gasteiger partial charge in [0, 0.05) is 13.6 Å². The highest BCUT2D eigenvalue weighted by atomic mass is 19.1. The molecule has 0 N–H and O–H groups in total. The van der Waals surface area contributed by atoms with Crippen LogP contribution < -0.4 is 0 Å². The van der Waals surface area contributed by atoms with Gasteiger partial charge in [0.1, 0.15) is 18.1 Å². The minimum absolute atomic E-state index is 0.0289. The fourth-order valence-electron chi connectivity index (χ4n) is 2.47. The molecule has 0 aliphatic rings. The number of ether oxygens (including phenoxy) is 1. The molecule has 1 amide bonds. The van der Waals surface area contributed by atoms with Crippen LogP contribution in [0.4, 0.5) is 9.18 Å². The smallest absolute Gasteiger partial charge is 0.410 e. The van der Waals surface area contributed by atoms with E-state index in [0.29, 0.717) is 18.8 Å². The van der Waals surface area contributed by atoms with E-state index in [4.69, 9.17) is 4.74 Å². The Labute approximate surface area is 150 Å². The molecule has 0 aliphatic heterocycles. The van der Waals surface area contributed by atoms with E-state index >= 15 is 0 Å². The number of halogens is 1. The van der Waals surface area contributed by atoms with Gasteiger partial charge >= 0.3 is 6.09 Å². The zero-order chi connectivity index (χ0) is 18.4. The number of amides is 1. The lowest BCUT2D eigenvalue weighted by atomic mass is 10.2. The van der Waals surface area contributed by atoms with Crippen molar-refractivity contribution in [3.05, 3.63) is 83.4 Å². The number of carbonyl (C=O) groups is 1. The van der Waals surface area contributed by atoms with Crippen LogP contribution in [0.2, 0.25) is 0 Å². The maximum absolute atomic E-state index is 13.2. The molecule has 0 bridgehead atoms. The van der Waals surface area contributed by atoms with Crippen molar-refractivity contribution in [3.63, 3.8) is 0 Å². The second kappa shape index (κ2) is 8.24. The maximum Gasteiger partial charge on any atom is 0.410 e. The van der Waals surface area contributed by atoms with Gasteiger partial charge in [0.15, 0.2) is 0 Å². The van der Waals surface area contributed by atoms with Crippen LogP contribution in [0.15, 0.2) is 60.8 Å². The molecule has 1 aromatic heterocycles. The molecule has 134 valence electrons. The molecular weight excluding hydrogens is 335 g/mol. The standard InChI is InChI=1S/C19H19FN4O2/c1-23(11-15-6-3-2-4-7-15)19(25)26-14-18-13-24(22-21-18)12-16-8-5-9-17(20)10-16/h2-10,13H,11-12,14H2,1H3. The Kier molecular flexibility index (Phi) is 5.58. The van der Waals surface area contributed by atoms with Gasteiger partial charge < -0.3 is 9.64 Å². The van der Waals surface area contributed by atoms with E-state index < -0.39 is 6.09 Å². The van der Waals surface area contributed by atoms with Crippen LogP contribution in [-0.2, 0) is 24.4 Å². The summed E-state index contributed by atoms with van der Waals surface area (Å²) in [4.78, 5) is 13.6. The zero-order valence-corrected chi connectivity index (χ0v) is 14.4. The topological polar surface area (TPSA) is 60.2 Å². The highest BCUT2D eigenvalue weighted by Gasteiger charge is 2.12. The Morgan fingerprint density at radius 2 is 1.92 bits per heavy atom. The minimum Gasteiger partial charge on any atom is -0.443 e. The van der Waals surface area contributed by atoms with E-state index in [0.717, 1.165) is 11.1 Å². The molecule has 3 rings (SSSR count). The molecule has 26 heavy (non-hydrogen) atoms. The van der Waals surface area contributed by atoms with Crippen molar-refractivity contribution in [1.29, 1.82) is 0 Å². The van der Waals surface area contributed by atoms with Crippen LogP contribution in [0.1, 0.15) is 16.8 Å². The number of rotatable bonds is 6. The Balaban J connectivity index is 1.50. The molecule has 0 fully saturated rings. The van der Waals surface area contributed by atoms with Crippen LogP contribution in [0.25, 0.3) is 0 Å². The van der Waals surface area contributed by atoms with E-state index in [9.17, 15) is 9.18 Å². The molecule has 0 saturated heterocycles. The van der Waals surface area contributed by atoms with E-state index in [1.54, 1.807) is 24.0 Å². The first-order chi connectivity index (χ1) is 12.6. The molecule has 2 aromatic carbocycles.